The van der Waals surface area contributed by atoms with Gasteiger partial charge in [0.1, 0.15) is 5.75 Å². The molecule has 0 saturated heterocycles. The van der Waals surface area contributed by atoms with Crippen LogP contribution in [0.1, 0.15) is 64.2 Å². The zero-order chi connectivity index (χ0) is 14.5. The monoisotopic (exact) mass is 304 g/mol. The van der Waals surface area contributed by atoms with Crippen molar-refractivity contribution >= 4 is 13.2 Å². The maximum absolute atomic E-state index is 5.72. The summed E-state index contributed by atoms with van der Waals surface area (Å²) in [7, 11) is 1.80. The van der Waals surface area contributed by atoms with Gasteiger partial charge in [-0.05, 0) is 43.1 Å². The minimum Gasteiger partial charge on any atom is -0.496 e. The lowest BCUT2D eigenvalue weighted by molar-refractivity contribution is 0.417. The first-order valence-corrected chi connectivity index (χ1v) is 10.3. The summed E-state index contributed by atoms with van der Waals surface area (Å²) in [6.07, 6.45) is 14.5. The second-order valence-electron chi connectivity index (χ2n) is 6.66. The summed E-state index contributed by atoms with van der Waals surface area (Å²) in [5.41, 5.74) is 1.90. The van der Waals surface area contributed by atoms with Gasteiger partial charge in [0, 0.05) is 5.30 Å². The lowest BCUT2D eigenvalue weighted by Crippen LogP contribution is -2.26. The van der Waals surface area contributed by atoms with Crippen molar-refractivity contribution in [3.63, 3.8) is 0 Å². The second kappa shape index (κ2) is 7.63. The summed E-state index contributed by atoms with van der Waals surface area (Å²) in [5, 5.41) is 1.56. The van der Waals surface area contributed by atoms with E-state index in [-0.39, 0.29) is 7.92 Å². The summed E-state index contributed by atoms with van der Waals surface area (Å²) in [4.78, 5) is 0. The van der Waals surface area contributed by atoms with E-state index in [0.717, 1.165) is 17.1 Å². The van der Waals surface area contributed by atoms with Crippen LogP contribution < -0.4 is 10.0 Å². The van der Waals surface area contributed by atoms with E-state index >= 15 is 0 Å². The maximum Gasteiger partial charge on any atom is 0.126 e. The highest BCUT2D eigenvalue weighted by atomic mass is 31.1. The Labute approximate surface area is 131 Å². The third kappa shape index (κ3) is 3.62. The second-order valence-corrected chi connectivity index (χ2v) is 9.42. The molecule has 0 atom stereocenters. The molecule has 21 heavy (non-hydrogen) atoms. The smallest absolute Gasteiger partial charge is 0.126 e. The standard InChI is InChI=1S/C19H29OP/c1-20-18-14-8-9-15-19(18)21(16-10-4-2-5-11-16)17-12-6-3-7-13-17/h8-9,14-17H,2-7,10-13H2,1H3. The van der Waals surface area contributed by atoms with Crippen LogP contribution in [-0.2, 0) is 0 Å². The van der Waals surface area contributed by atoms with Crippen LogP contribution in [0.2, 0.25) is 0 Å². The van der Waals surface area contributed by atoms with E-state index < -0.39 is 0 Å². The fourth-order valence-electron chi connectivity index (χ4n) is 4.25. The van der Waals surface area contributed by atoms with Gasteiger partial charge in [0.05, 0.1) is 7.11 Å². The van der Waals surface area contributed by atoms with Crippen molar-refractivity contribution in [3.05, 3.63) is 24.3 Å². The Hall–Kier alpha value is -0.550. The molecule has 2 aliphatic rings. The Morgan fingerprint density at radius 2 is 1.33 bits per heavy atom. The van der Waals surface area contributed by atoms with Gasteiger partial charge in [-0.1, -0.05) is 64.6 Å². The Morgan fingerprint density at radius 1 is 0.810 bits per heavy atom. The van der Waals surface area contributed by atoms with Gasteiger partial charge in [-0.15, -0.1) is 0 Å². The molecule has 0 aromatic heterocycles. The molecule has 116 valence electrons. The predicted octanol–water partition coefficient (Wildman–Crippen LogP) is 5.47. The average Bonchev–Trinajstić information content (AvgIpc) is 2.58. The Balaban J connectivity index is 1.89. The molecule has 0 bridgehead atoms. The van der Waals surface area contributed by atoms with E-state index in [1.54, 1.807) is 5.30 Å². The molecule has 0 aliphatic heterocycles. The van der Waals surface area contributed by atoms with Crippen molar-refractivity contribution in [1.82, 2.24) is 0 Å². The molecule has 0 spiro atoms. The summed E-state index contributed by atoms with van der Waals surface area (Å²) in [5.74, 6) is 1.15. The number of hydrogen-bond acceptors (Lipinski definition) is 1. The molecule has 1 aromatic rings. The quantitative estimate of drug-likeness (QED) is 0.670. The number of para-hydroxylation sites is 1. The van der Waals surface area contributed by atoms with E-state index in [1.807, 2.05) is 7.11 Å². The SMILES string of the molecule is COc1ccccc1P(C1CCCCC1)C1CCCCC1. The highest BCUT2D eigenvalue weighted by Crippen LogP contribution is 2.56. The first-order chi connectivity index (χ1) is 10.4. The molecule has 0 N–H and O–H groups in total. The largest absolute Gasteiger partial charge is 0.496 e. The molecule has 3 rings (SSSR count). The van der Waals surface area contributed by atoms with Gasteiger partial charge < -0.3 is 4.74 Å². The van der Waals surface area contributed by atoms with Crippen LogP contribution in [0, 0.1) is 0 Å². The van der Waals surface area contributed by atoms with E-state index in [0.29, 0.717) is 0 Å². The van der Waals surface area contributed by atoms with E-state index in [1.165, 1.54) is 64.2 Å². The van der Waals surface area contributed by atoms with Gasteiger partial charge in [-0.3, -0.25) is 0 Å². The number of ether oxygens (including phenoxy) is 1. The minimum atomic E-state index is -0.0437. The third-order valence-electron chi connectivity index (χ3n) is 5.30. The third-order valence-corrected chi connectivity index (χ3v) is 8.83. The summed E-state index contributed by atoms with van der Waals surface area (Å²) < 4.78 is 5.72. The molecule has 0 unspecified atom stereocenters. The van der Waals surface area contributed by atoms with Crippen molar-refractivity contribution in [3.8, 4) is 5.75 Å². The number of methoxy groups -OCH3 is 1. The van der Waals surface area contributed by atoms with Crippen molar-refractivity contribution < 1.29 is 4.74 Å². The van der Waals surface area contributed by atoms with Gasteiger partial charge in [0.15, 0.2) is 0 Å². The molecule has 2 aliphatic carbocycles. The highest BCUT2D eigenvalue weighted by Gasteiger charge is 2.33. The summed E-state index contributed by atoms with van der Waals surface area (Å²) in [6, 6.07) is 8.89. The molecule has 0 heterocycles. The lowest BCUT2D eigenvalue weighted by Gasteiger charge is -2.39. The number of hydrogen-bond donors (Lipinski definition) is 0. The first-order valence-electron chi connectivity index (χ1n) is 8.81. The van der Waals surface area contributed by atoms with Gasteiger partial charge in [0.2, 0.25) is 0 Å². The summed E-state index contributed by atoms with van der Waals surface area (Å²) in [6.45, 7) is 0. The molecule has 0 radical (unpaired) electrons. The normalized spacial score (nSPS) is 21.6. The zero-order valence-corrected chi connectivity index (χ0v) is 14.3. The van der Waals surface area contributed by atoms with Crippen LogP contribution in [0.5, 0.6) is 5.75 Å². The topological polar surface area (TPSA) is 9.23 Å². The van der Waals surface area contributed by atoms with Gasteiger partial charge in [0.25, 0.3) is 0 Å². The fourth-order valence-corrected chi connectivity index (χ4v) is 8.16. The first kappa shape index (κ1) is 15.3. The zero-order valence-electron chi connectivity index (χ0n) is 13.4. The van der Waals surface area contributed by atoms with Crippen molar-refractivity contribution in [2.45, 2.75) is 75.5 Å². The van der Waals surface area contributed by atoms with Crippen LogP contribution in [0.3, 0.4) is 0 Å². The highest BCUT2D eigenvalue weighted by molar-refractivity contribution is 7.67. The minimum absolute atomic E-state index is 0.0437. The molecule has 2 heteroatoms. The van der Waals surface area contributed by atoms with Crippen LogP contribution in [0.4, 0.5) is 0 Å². The molecule has 2 saturated carbocycles. The van der Waals surface area contributed by atoms with Crippen LogP contribution in [0.25, 0.3) is 0 Å². The maximum atomic E-state index is 5.72. The Kier molecular flexibility index (Phi) is 5.58. The molecule has 1 nitrogen and oxygen atoms in total. The van der Waals surface area contributed by atoms with Crippen LogP contribution >= 0.6 is 7.92 Å². The fraction of sp³-hybridized carbons (Fsp3) is 0.684. The van der Waals surface area contributed by atoms with Crippen molar-refractivity contribution in [2.75, 3.05) is 7.11 Å². The van der Waals surface area contributed by atoms with E-state index in [4.69, 9.17) is 4.74 Å². The molecule has 2 fully saturated rings. The lowest BCUT2D eigenvalue weighted by atomic mass is 9.99. The van der Waals surface area contributed by atoms with Gasteiger partial charge in [-0.2, -0.15) is 0 Å². The van der Waals surface area contributed by atoms with Gasteiger partial charge >= 0.3 is 0 Å². The molecule has 0 amide bonds. The molecular formula is C19H29OP. The predicted molar refractivity (Wildman–Crippen MR) is 93.3 cm³/mol. The van der Waals surface area contributed by atoms with Crippen molar-refractivity contribution in [1.29, 1.82) is 0 Å². The molecular weight excluding hydrogens is 275 g/mol. The van der Waals surface area contributed by atoms with Gasteiger partial charge in [-0.25, -0.2) is 0 Å². The Morgan fingerprint density at radius 3 is 1.86 bits per heavy atom. The van der Waals surface area contributed by atoms with E-state index in [2.05, 4.69) is 24.3 Å². The number of rotatable bonds is 4. The molecule has 1 aromatic carbocycles. The van der Waals surface area contributed by atoms with Crippen molar-refractivity contribution in [2.24, 2.45) is 0 Å². The summed E-state index contributed by atoms with van der Waals surface area (Å²) >= 11 is 0. The number of benzene rings is 1. The average molecular weight is 304 g/mol. The van der Waals surface area contributed by atoms with Crippen LogP contribution in [0.15, 0.2) is 24.3 Å². The van der Waals surface area contributed by atoms with E-state index in [9.17, 15) is 0 Å². The van der Waals surface area contributed by atoms with Crippen LogP contribution in [-0.4, -0.2) is 18.4 Å². The Bertz CT molecular complexity index is 415.